The second-order valence-corrected chi connectivity index (χ2v) is 5.96. The van der Waals surface area contributed by atoms with Gasteiger partial charge in [0.25, 0.3) is 0 Å². The second kappa shape index (κ2) is 5.00. The van der Waals surface area contributed by atoms with E-state index in [1.165, 1.54) is 12.8 Å². The van der Waals surface area contributed by atoms with E-state index in [0.29, 0.717) is 25.4 Å². The van der Waals surface area contributed by atoms with Crippen molar-refractivity contribution in [3.63, 3.8) is 0 Å². The standard InChI is InChI=1S/C13H21N3O3/c17-12(18)10-3-6-16(7-10)13(19)14-11-8-15-4-1-9(11)2-5-15/h9-11H,1-8H2,(H,14,19)(H,17,18). The largest absolute Gasteiger partial charge is 0.481 e. The van der Waals surface area contributed by atoms with Crippen molar-refractivity contribution >= 4 is 12.0 Å². The summed E-state index contributed by atoms with van der Waals surface area (Å²) in [6.07, 6.45) is 2.91. The molecule has 4 rings (SSSR count). The zero-order chi connectivity index (χ0) is 13.4. The number of carboxylic acids is 1. The molecule has 0 aromatic heterocycles. The predicted octanol–water partition coefficient (Wildman–Crippen LogP) is 0.197. The fraction of sp³-hybridized carbons (Fsp3) is 0.846. The maximum atomic E-state index is 12.2. The number of piperidine rings is 3. The first kappa shape index (κ1) is 12.7. The summed E-state index contributed by atoms with van der Waals surface area (Å²) in [7, 11) is 0. The van der Waals surface area contributed by atoms with Gasteiger partial charge in [0.15, 0.2) is 0 Å². The number of urea groups is 1. The van der Waals surface area contributed by atoms with Gasteiger partial charge in [-0.25, -0.2) is 4.79 Å². The molecule has 4 saturated heterocycles. The van der Waals surface area contributed by atoms with Gasteiger partial charge < -0.3 is 20.2 Å². The van der Waals surface area contributed by atoms with Crippen LogP contribution in [0.1, 0.15) is 19.3 Å². The molecule has 4 fully saturated rings. The fourth-order valence-electron chi connectivity index (χ4n) is 3.52. The third-order valence-electron chi connectivity index (χ3n) is 4.79. The third-order valence-corrected chi connectivity index (χ3v) is 4.79. The van der Waals surface area contributed by atoms with Gasteiger partial charge in [-0.3, -0.25) is 4.79 Å². The van der Waals surface area contributed by atoms with Crippen molar-refractivity contribution in [1.82, 2.24) is 15.1 Å². The summed E-state index contributed by atoms with van der Waals surface area (Å²) in [5.41, 5.74) is 0. The number of hydrogen-bond acceptors (Lipinski definition) is 3. The Morgan fingerprint density at radius 2 is 1.79 bits per heavy atom. The van der Waals surface area contributed by atoms with Crippen LogP contribution in [0.3, 0.4) is 0 Å². The first-order chi connectivity index (χ1) is 9.13. The van der Waals surface area contributed by atoms with E-state index in [1.54, 1.807) is 4.90 Å². The maximum Gasteiger partial charge on any atom is 0.317 e. The summed E-state index contributed by atoms with van der Waals surface area (Å²) in [6, 6.07) is 0.168. The number of likely N-dealkylation sites (tertiary alicyclic amines) is 1. The lowest BCUT2D eigenvalue weighted by Gasteiger charge is -2.45. The van der Waals surface area contributed by atoms with E-state index in [9.17, 15) is 9.59 Å². The molecule has 2 bridgehead atoms. The highest BCUT2D eigenvalue weighted by atomic mass is 16.4. The van der Waals surface area contributed by atoms with E-state index in [1.807, 2.05) is 0 Å². The van der Waals surface area contributed by atoms with E-state index in [-0.39, 0.29) is 12.1 Å². The van der Waals surface area contributed by atoms with Crippen molar-refractivity contribution < 1.29 is 14.7 Å². The van der Waals surface area contributed by atoms with Crippen LogP contribution in [-0.4, -0.2) is 65.7 Å². The van der Waals surface area contributed by atoms with Crippen LogP contribution in [0.2, 0.25) is 0 Å². The first-order valence-corrected chi connectivity index (χ1v) is 7.14. The highest BCUT2D eigenvalue weighted by Crippen LogP contribution is 2.27. The van der Waals surface area contributed by atoms with Gasteiger partial charge in [0.05, 0.1) is 5.92 Å². The van der Waals surface area contributed by atoms with E-state index in [4.69, 9.17) is 5.11 Å². The second-order valence-electron chi connectivity index (χ2n) is 5.96. The molecule has 0 saturated carbocycles. The zero-order valence-corrected chi connectivity index (χ0v) is 11.0. The van der Waals surface area contributed by atoms with Crippen molar-refractivity contribution in [2.75, 3.05) is 32.7 Å². The normalized spacial score (nSPS) is 37.4. The molecule has 2 atom stereocenters. The van der Waals surface area contributed by atoms with Gasteiger partial charge in [0.1, 0.15) is 0 Å². The van der Waals surface area contributed by atoms with Gasteiger partial charge in [-0.2, -0.15) is 0 Å². The topological polar surface area (TPSA) is 72.9 Å². The summed E-state index contributed by atoms with van der Waals surface area (Å²) in [6.45, 7) is 4.17. The van der Waals surface area contributed by atoms with Crippen molar-refractivity contribution in [2.24, 2.45) is 11.8 Å². The lowest BCUT2D eigenvalue weighted by molar-refractivity contribution is -0.141. The number of nitrogens with one attached hydrogen (secondary N) is 1. The Hall–Kier alpha value is -1.30. The molecular weight excluding hydrogens is 246 g/mol. The molecule has 2 unspecified atom stereocenters. The molecule has 0 aromatic rings. The summed E-state index contributed by atoms with van der Waals surface area (Å²) in [5.74, 6) is -0.581. The number of fused-ring (bicyclic) bond motifs is 3. The number of carboxylic acid groups (broad SMARTS) is 1. The SMILES string of the molecule is O=C(O)C1CCN(C(=O)NC2CN3CCC2CC3)C1. The van der Waals surface area contributed by atoms with Gasteiger partial charge in [-0.1, -0.05) is 0 Å². The van der Waals surface area contributed by atoms with Gasteiger partial charge in [-0.05, 0) is 38.3 Å². The molecule has 4 aliphatic heterocycles. The predicted molar refractivity (Wildman–Crippen MR) is 68.8 cm³/mol. The molecular formula is C13H21N3O3. The molecule has 0 spiro atoms. The molecule has 0 radical (unpaired) electrons. The Balaban J connectivity index is 1.53. The van der Waals surface area contributed by atoms with Crippen molar-refractivity contribution in [3.05, 3.63) is 0 Å². The Bertz CT molecular complexity index is 379. The number of hydrogen-bond donors (Lipinski definition) is 2. The Kier molecular flexibility index (Phi) is 3.35. The van der Waals surface area contributed by atoms with Crippen molar-refractivity contribution in [1.29, 1.82) is 0 Å². The van der Waals surface area contributed by atoms with Crippen LogP contribution in [0.5, 0.6) is 0 Å². The minimum absolute atomic E-state index is 0.0810. The van der Waals surface area contributed by atoms with E-state index in [2.05, 4.69) is 10.2 Å². The summed E-state index contributed by atoms with van der Waals surface area (Å²) < 4.78 is 0. The van der Waals surface area contributed by atoms with Crippen LogP contribution in [0, 0.1) is 11.8 Å². The van der Waals surface area contributed by atoms with Crippen LogP contribution in [0.15, 0.2) is 0 Å². The van der Waals surface area contributed by atoms with Crippen molar-refractivity contribution in [3.8, 4) is 0 Å². The van der Waals surface area contributed by atoms with Crippen LogP contribution >= 0.6 is 0 Å². The molecule has 6 heteroatoms. The highest BCUT2D eigenvalue weighted by molar-refractivity contribution is 5.77. The highest BCUT2D eigenvalue weighted by Gasteiger charge is 2.37. The number of carbonyl (C=O) groups is 2. The van der Waals surface area contributed by atoms with E-state index < -0.39 is 11.9 Å². The molecule has 106 valence electrons. The minimum Gasteiger partial charge on any atom is -0.481 e. The Labute approximate surface area is 112 Å². The molecule has 2 amide bonds. The fourth-order valence-corrected chi connectivity index (χ4v) is 3.52. The number of carbonyl (C=O) groups excluding carboxylic acids is 1. The molecule has 0 aromatic carbocycles. The molecule has 4 heterocycles. The van der Waals surface area contributed by atoms with Gasteiger partial charge in [-0.15, -0.1) is 0 Å². The number of aliphatic carboxylic acids is 1. The van der Waals surface area contributed by atoms with E-state index >= 15 is 0 Å². The zero-order valence-electron chi connectivity index (χ0n) is 11.0. The van der Waals surface area contributed by atoms with Crippen LogP contribution in [0.4, 0.5) is 4.79 Å². The molecule has 0 aliphatic carbocycles. The minimum atomic E-state index is -0.793. The van der Waals surface area contributed by atoms with Gasteiger partial charge >= 0.3 is 12.0 Å². The summed E-state index contributed by atoms with van der Waals surface area (Å²) in [4.78, 5) is 27.1. The van der Waals surface area contributed by atoms with Gasteiger partial charge in [0.2, 0.25) is 0 Å². The van der Waals surface area contributed by atoms with Crippen LogP contribution in [0.25, 0.3) is 0 Å². The average molecular weight is 267 g/mol. The smallest absolute Gasteiger partial charge is 0.317 e. The number of nitrogens with zero attached hydrogens (tertiary/aromatic N) is 2. The van der Waals surface area contributed by atoms with Crippen molar-refractivity contribution in [2.45, 2.75) is 25.3 Å². The molecule has 4 aliphatic rings. The summed E-state index contributed by atoms with van der Waals surface area (Å²) >= 11 is 0. The first-order valence-electron chi connectivity index (χ1n) is 7.14. The average Bonchev–Trinajstić information content (AvgIpc) is 2.90. The number of rotatable bonds is 2. The maximum absolute atomic E-state index is 12.2. The lowest BCUT2D eigenvalue weighted by Crippen LogP contribution is -2.58. The van der Waals surface area contributed by atoms with Crippen LogP contribution < -0.4 is 5.32 Å². The molecule has 19 heavy (non-hydrogen) atoms. The summed E-state index contributed by atoms with van der Waals surface area (Å²) in [5, 5.41) is 12.1. The van der Waals surface area contributed by atoms with E-state index in [0.717, 1.165) is 19.6 Å². The lowest BCUT2D eigenvalue weighted by atomic mass is 9.84. The quantitative estimate of drug-likeness (QED) is 0.749. The van der Waals surface area contributed by atoms with Crippen LogP contribution in [-0.2, 0) is 4.79 Å². The molecule has 6 nitrogen and oxygen atoms in total. The monoisotopic (exact) mass is 267 g/mol. The molecule has 2 N–H and O–H groups in total. The Morgan fingerprint density at radius 3 is 2.32 bits per heavy atom. The Morgan fingerprint density at radius 1 is 1.05 bits per heavy atom. The third kappa shape index (κ3) is 2.54. The van der Waals surface area contributed by atoms with Gasteiger partial charge in [0, 0.05) is 25.7 Å². The number of amides is 2.